The molecule has 0 radical (unpaired) electrons. The van der Waals surface area contributed by atoms with Crippen LogP contribution in [0.4, 0.5) is 5.13 Å². The van der Waals surface area contributed by atoms with Gasteiger partial charge in [0.1, 0.15) is 0 Å². The fourth-order valence-corrected chi connectivity index (χ4v) is 4.04. The van der Waals surface area contributed by atoms with Gasteiger partial charge in [-0.2, -0.15) is 4.98 Å². The number of nitrogens with zero attached hydrogens (tertiary/aromatic N) is 2. The lowest BCUT2D eigenvalue weighted by Crippen LogP contribution is -2.14. The largest absolute Gasteiger partial charge is 0.478 e. The first-order chi connectivity index (χ1) is 15.6. The molecule has 0 bridgehead atoms. The predicted molar refractivity (Wildman–Crippen MR) is 128 cm³/mol. The Morgan fingerprint density at radius 2 is 1.75 bits per heavy atom. The Morgan fingerprint density at radius 3 is 2.53 bits per heavy atom. The number of aryl methyl sites for hydroxylation is 1. The van der Waals surface area contributed by atoms with Gasteiger partial charge >= 0.3 is 0 Å². The highest BCUT2D eigenvalue weighted by Crippen LogP contribution is 2.27. The second-order valence-corrected chi connectivity index (χ2v) is 8.61. The number of pyridine rings is 1. The third-order valence-electron chi connectivity index (χ3n) is 4.61. The van der Waals surface area contributed by atoms with E-state index in [0.29, 0.717) is 29.1 Å². The predicted octanol–water partition coefficient (Wildman–Crippen LogP) is 5.74. The van der Waals surface area contributed by atoms with Crippen LogP contribution >= 0.6 is 11.3 Å². The van der Waals surface area contributed by atoms with Crippen molar-refractivity contribution in [3.8, 4) is 11.8 Å². The molecule has 0 unspecified atom stereocenters. The van der Waals surface area contributed by atoms with Gasteiger partial charge < -0.3 is 9.47 Å². The normalized spacial score (nSPS) is 11.0. The maximum absolute atomic E-state index is 12.9. The summed E-state index contributed by atoms with van der Waals surface area (Å²) < 4.78 is 12.6. The van der Waals surface area contributed by atoms with Crippen molar-refractivity contribution in [3.63, 3.8) is 0 Å². The van der Waals surface area contributed by atoms with Crippen molar-refractivity contribution in [2.45, 2.75) is 32.8 Å². The minimum Gasteiger partial charge on any atom is -0.478 e. The number of anilines is 1. The molecule has 4 rings (SSSR count). The minimum absolute atomic E-state index is 0.0731. The van der Waals surface area contributed by atoms with Crippen LogP contribution in [0.1, 0.15) is 36.2 Å². The SMILES string of the molecule is CC(C)Oc1cc(C(=O)Nc2nc3ccccc3s2)cc(OCCCc2ccccc2)n1. The van der Waals surface area contributed by atoms with Crippen molar-refractivity contribution < 1.29 is 14.3 Å². The molecule has 0 atom stereocenters. The van der Waals surface area contributed by atoms with Crippen LogP contribution < -0.4 is 14.8 Å². The second kappa shape index (κ2) is 10.2. The summed E-state index contributed by atoms with van der Waals surface area (Å²) in [5.74, 6) is 0.440. The minimum atomic E-state index is -0.283. The molecule has 1 N–H and O–H groups in total. The molecule has 6 nitrogen and oxygen atoms in total. The van der Waals surface area contributed by atoms with Gasteiger partial charge in [-0.15, -0.1) is 0 Å². The van der Waals surface area contributed by atoms with E-state index in [-0.39, 0.29) is 12.0 Å². The average molecular weight is 448 g/mol. The molecular weight excluding hydrogens is 422 g/mol. The molecule has 2 aromatic carbocycles. The van der Waals surface area contributed by atoms with E-state index in [1.54, 1.807) is 12.1 Å². The lowest BCUT2D eigenvalue weighted by molar-refractivity contribution is 0.102. The molecule has 0 saturated heterocycles. The summed E-state index contributed by atoms with van der Waals surface area (Å²) in [5.41, 5.74) is 2.53. The number of benzene rings is 2. The molecule has 0 aliphatic carbocycles. The van der Waals surface area contributed by atoms with Gasteiger partial charge in [0.2, 0.25) is 11.8 Å². The summed E-state index contributed by atoms with van der Waals surface area (Å²) in [6, 6.07) is 21.3. The zero-order valence-corrected chi connectivity index (χ0v) is 18.9. The van der Waals surface area contributed by atoms with Crippen LogP contribution in [0, 0.1) is 0 Å². The first-order valence-electron chi connectivity index (χ1n) is 10.6. The number of amides is 1. The lowest BCUT2D eigenvalue weighted by Gasteiger charge is -2.13. The van der Waals surface area contributed by atoms with Crippen molar-refractivity contribution in [1.29, 1.82) is 0 Å². The van der Waals surface area contributed by atoms with Crippen LogP contribution in [-0.4, -0.2) is 28.6 Å². The van der Waals surface area contributed by atoms with Gasteiger partial charge in [-0.1, -0.05) is 53.8 Å². The number of carbonyl (C=O) groups is 1. The highest BCUT2D eigenvalue weighted by Gasteiger charge is 2.15. The molecule has 0 spiro atoms. The van der Waals surface area contributed by atoms with Crippen molar-refractivity contribution in [2.75, 3.05) is 11.9 Å². The van der Waals surface area contributed by atoms with Crippen molar-refractivity contribution in [1.82, 2.24) is 9.97 Å². The monoisotopic (exact) mass is 447 g/mol. The summed E-state index contributed by atoms with van der Waals surface area (Å²) >= 11 is 1.43. The Balaban J connectivity index is 1.45. The van der Waals surface area contributed by atoms with E-state index in [0.717, 1.165) is 23.1 Å². The number of fused-ring (bicyclic) bond motifs is 1. The first-order valence-corrected chi connectivity index (χ1v) is 11.4. The number of ether oxygens (including phenoxy) is 2. The summed E-state index contributed by atoms with van der Waals surface area (Å²) in [5, 5.41) is 3.42. The molecule has 2 aromatic heterocycles. The number of nitrogens with one attached hydrogen (secondary N) is 1. The molecule has 0 aliphatic heterocycles. The van der Waals surface area contributed by atoms with E-state index in [4.69, 9.17) is 9.47 Å². The first kappa shape index (κ1) is 21.8. The van der Waals surface area contributed by atoms with E-state index in [2.05, 4.69) is 27.4 Å². The molecule has 0 fully saturated rings. The van der Waals surface area contributed by atoms with E-state index in [1.165, 1.54) is 16.9 Å². The zero-order chi connectivity index (χ0) is 22.3. The Bertz CT molecular complexity index is 1160. The molecule has 7 heteroatoms. The van der Waals surface area contributed by atoms with Crippen LogP contribution in [0.5, 0.6) is 11.8 Å². The fraction of sp³-hybridized carbons (Fsp3) is 0.240. The average Bonchev–Trinajstić information content (AvgIpc) is 3.19. The number of rotatable bonds is 9. The smallest absolute Gasteiger partial charge is 0.257 e. The Kier molecular flexibility index (Phi) is 6.97. The van der Waals surface area contributed by atoms with Gasteiger partial charge in [-0.05, 0) is 44.4 Å². The van der Waals surface area contributed by atoms with E-state index in [1.807, 2.05) is 56.3 Å². The highest BCUT2D eigenvalue weighted by atomic mass is 32.1. The molecule has 4 aromatic rings. The van der Waals surface area contributed by atoms with Crippen molar-refractivity contribution in [3.05, 3.63) is 77.9 Å². The van der Waals surface area contributed by atoms with Gasteiger partial charge in [0.05, 0.1) is 28.5 Å². The molecule has 2 heterocycles. The third kappa shape index (κ3) is 5.82. The summed E-state index contributed by atoms with van der Waals surface area (Å²) in [4.78, 5) is 21.8. The van der Waals surface area contributed by atoms with Gasteiger partial charge in [0.25, 0.3) is 5.91 Å². The van der Waals surface area contributed by atoms with E-state index in [9.17, 15) is 4.79 Å². The van der Waals surface area contributed by atoms with Crippen LogP contribution in [0.2, 0.25) is 0 Å². The zero-order valence-electron chi connectivity index (χ0n) is 18.1. The number of hydrogen-bond donors (Lipinski definition) is 1. The maximum atomic E-state index is 12.9. The Hall–Kier alpha value is -3.45. The fourth-order valence-electron chi connectivity index (χ4n) is 3.18. The molecule has 32 heavy (non-hydrogen) atoms. The Morgan fingerprint density at radius 1 is 1.00 bits per heavy atom. The number of hydrogen-bond acceptors (Lipinski definition) is 6. The van der Waals surface area contributed by atoms with Crippen LogP contribution in [0.25, 0.3) is 10.2 Å². The summed E-state index contributed by atoms with van der Waals surface area (Å²) in [7, 11) is 0. The summed E-state index contributed by atoms with van der Waals surface area (Å²) in [6.45, 7) is 4.32. The second-order valence-electron chi connectivity index (χ2n) is 7.58. The van der Waals surface area contributed by atoms with Gasteiger partial charge in [-0.25, -0.2) is 4.98 Å². The number of carbonyl (C=O) groups excluding carboxylic acids is 1. The lowest BCUT2D eigenvalue weighted by atomic mass is 10.1. The molecule has 0 saturated carbocycles. The molecule has 164 valence electrons. The van der Waals surface area contributed by atoms with Crippen LogP contribution in [0.15, 0.2) is 66.7 Å². The number of aromatic nitrogens is 2. The van der Waals surface area contributed by atoms with E-state index >= 15 is 0 Å². The third-order valence-corrected chi connectivity index (χ3v) is 5.57. The van der Waals surface area contributed by atoms with Crippen LogP contribution in [0.3, 0.4) is 0 Å². The van der Waals surface area contributed by atoms with Gasteiger partial charge in [0, 0.05) is 12.1 Å². The Labute approximate surface area is 191 Å². The van der Waals surface area contributed by atoms with Crippen molar-refractivity contribution in [2.24, 2.45) is 0 Å². The topological polar surface area (TPSA) is 73.3 Å². The molecular formula is C25H25N3O3S. The highest BCUT2D eigenvalue weighted by molar-refractivity contribution is 7.22. The maximum Gasteiger partial charge on any atom is 0.257 e. The van der Waals surface area contributed by atoms with Gasteiger partial charge in [-0.3, -0.25) is 10.1 Å². The number of thiazole rings is 1. The quantitative estimate of drug-likeness (QED) is 0.331. The van der Waals surface area contributed by atoms with Crippen molar-refractivity contribution >= 4 is 32.6 Å². The van der Waals surface area contributed by atoms with Crippen LogP contribution in [-0.2, 0) is 6.42 Å². The number of para-hydroxylation sites is 1. The molecule has 0 aliphatic rings. The standard InChI is InChI=1S/C25H25N3O3S/c1-17(2)31-23-16-19(24(29)28-25-26-20-12-6-7-13-21(20)32-25)15-22(27-23)30-14-8-11-18-9-4-3-5-10-18/h3-7,9-10,12-13,15-17H,8,11,14H2,1-2H3,(H,26,28,29). The van der Waals surface area contributed by atoms with Gasteiger partial charge in [0.15, 0.2) is 5.13 Å². The van der Waals surface area contributed by atoms with E-state index < -0.39 is 0 Å². The molecule has 1 amide bonds. The summed E-state index contributed by atoms with van der Waals surface area (Å²) in [6.07, 6.45) is 1.68.